The molecule has 5 aromatic rings. The van der Waals surface area contributed by atoms with Crippen LogP contribution in [-0.2, 0) is 6.54 Å². The summed E-state index contributed by atoms with van der Waals surface area (Å²) in [4.78, 5) is 27.6. The lowest BCUT2D eigenvalue weighted by Gasteiger charge is -2.19. The number of amides is 1. The van der Waals surface area contributed by atoms with Crippen LogP contribution in [0.15, 0.2) is 73.2 Å². The molecule has 0 saturated carbocycles. The van der Waals surface area contributed by atoms with Gasteiger partial charge in [-0.15, -0.1) is 0 Å². The molecule has 0 unspecified atom stereocenters. The Morgan fingerprint density at radius 3 is 2.90 bits per heavy atom. The van der Waals surface area contributed by atoms with Gasteiger partial charge >= 0.3 is 0 Å². The Hall–Kier alpha value is -3.71. The molecule has 1 N–H and O–H groups in total. The Kier molecular flexibility index (Phi) is 5.09. The van der Waals surface area contributed by atoms with Crippen LogP contribution in [0.1, 0.15) is 22.8 Å². The molecule has 7 heteroatoms. The second-order valence-corrected chi connectivity index (χ2v) is 8.07. The van der Waals surface area contributed by atoms with Crippen LogP contribution in [0.3, 0.4) is 0 Å². The number of rotatable bonds is 6. The number of aromatic amines is 1. The minimum atomic E-state index is -0.106. The summed E-state index contributed by atoms with van der Waals surface area (Å²) >= 11 is 1.48. The average Bonchev–Trinajstić information content (AvgIpc) is 3.42. The first-order chi connectivity index (χ1) is 15.2. The summed E-state index contributed by atoms with van der Waals surface area (Å²) in [5.74, 6) is 0.692. The number of fused-ring (bicyclic) bond motifs is 2. The molecule has 0 atom stereocenters. The number of thiazole rings is 1. The van der Waals surface area contributed by atoms with Crippen molar-refractivity contribution in [3.63, 3.8) is 0 Å². The summed E-state index contributed by atoms with van der Waals surface area (Å²) in [5.41, 5.74) is 3.32. The number of anilines is 1. The fraction of sp³-hybridized carbons (Fsp3) is 0.125. The molecule has 0 aliphatic carbocycles. The quantitative estimate of drug-likeness (QED) is 0.392. The summed E-state index contributed by atoms with van der Waals surface area (Å²) in [6, 6.07) is 17.4. The number of para-hydroxylation sites is 1. The van der Waals surface area contributed by atoms with E-state index in [0.29, 0.717) is 23.8 Å². The molecule has 3 heterocycles. The van der Waals surface area contributed by atoms with Gasteiger partial charge in [-0.05, 0) is 42.8 Å². The normalized spacial score (nSPS) is 11.1. The predicted molar refractivity (Wildman–Crippen MR) is 124 cm³/mol. The molecule has 0 spiro atoms. The standard InChI is InChI=1S/C24H20N4O2S/c1-2-30-17-9-10-21-22(12-17)31-24(27-21)28(15-16-6-5-11-25-13-16)23(29)19-14-26-20-8-4-3-7-18(19)20/h3-14,26H,2,15H2,1H3. The zero-order valence-electron chi connectivity index (χ0n) is 16.9. The Morgan fingerprint density at radius 2 is 2.06 bits per heavy atom. The topological polar surface area (TPSA) is 71.1 Å². The van der Waals surface area contributed by atoms with Crippen LogP contribution in [0.2, 0.25) is 0 Å². The summed E-state index contributed by atoms with van der Waals surface area (Å²) in [6.45, 7) is 2.94. The van der Waals surface area contributed by atoms with Crippen molar-refractivity contribution >= 4 is 43.5 Å². The summed E-state index contributed by atoms with van der Waals surface area (Å²) in [7, 11) is 0. The molecule has 3 aromatic heterocycles. The van der Waals surface area contributed by atoms with Gasteiger partial charge in [0.15, 0.2) is 5.13 Å². The molecule has 0 fully saturated rings. The molecule has 6 nitrogen and oxygen atoms in total. The molecule has 0 radical (unpaired) electrons. The molecular formula is C24H20N4O2S. The van der Waals surface area contributed by atoms with Gasteiger partial charge in [-0.2, -0.15) is 0 Å². The first kappa shape index (κ1) is 19.3. The molecule has 0 aliphatic heterocycles. The van der Waals surface area contributed by atoms with Crippen LogP contribution in [-0.4, -0.2) is 27.5 Å². The summed E-state index contributed by atoms with van der Waals surface area (Å²) < 4.78 is 6.60. The van der Waals surface area contributed by atoms with E-state index in [1.807, 2.05) is 61.5 Å². The number of carbonyl (C=O) groups excluding carboxylic acids is 1. The SMILES string of the molecule is CCOc1ccc2nc(N(Cc3cccnc3)C(=O)c3c[nH]c4ccccc34)sc2c1. The van der Waals surface area contributed by atoms with Gasteiger partial charge in [-0.1, -0.05) is 35.6 Å². The molecule has 5 rings (SSSR count). The van der Waals surface area contributed by atoms with Crippen molar-refractivity contribution in [2.75, 3.05) is 11.5 Å². The van der Waals surface area contributed by atoms with Gasteiger partial charge in [0.05, 0.1) is 28.9 Å². The smallest absolute Gasteiger partial charge is 0.262 e. The molecule has 0 bridgehead atoms. The zero-order chi connectivity index (χ0) is 21.2. The summed E-state index contributed by atoms with van der Waals surface area (Å²) in [6.07, 6.45) is 5.27. The molecule has 0 saturated heterocycles. The van der Waals surface area contributed by atoms with Gasteiger partial charge in [-0.25, -0.2) is 4.98 Å². The van der Waals surface area contributed by atoms with Crippen LogP contribution in [0.4, 0.5) is 5.13 Å². The maximum Gasteiger partial charge on any atom is 0.262 e. The second-order valence-electron chi connectivity index (χ2n) is 7.06. The van der Waals surface area contributed by atoms with E-state index in [4.69, 9.17) is 9.72 Å². The van der Waals surface area contributed by atoms with E-state index in [0.717, 1.165) is 32.4 Å². The molecular weight excluding hydrogens is 408 g/mol. The molecule has 1 amide bonds. The Labute approximate surface area is 183 Å². The lowest BCUT2D eigenvalue weighted by Crippen LogP contribution is -2.30. The highest BCUT2D eigenvalue weighted by atomic mass is 32.1. The van der Waals surface area contributed by atoms with Crippen molar-refractivity contribution in [2.45, 2.75) is 13.5 Å². The maximum absolute atomic E-state index is 13.7. The highest BCUT2D eigenvalue weighted by Gasteiger charge is 2.24. The van der Waals surface area contributed by atoms with Crippen molar-refractivity contribution in [2.24, 2.45) is 0 Å². The average molecular weight is 429 g/mol. The van der Waals surface area contributed by atoms with E-state index in [9.17, 15) is 4.79 Å². The monoisotopic (exact) mass is 428 g/mol. The fourth-order valence-electron chi connectivity index (χ4n) is 3.56. The first-order valence-corrected chi connectivity index (χ1v) is 10.8. The van der Waals surface area contributed by atoms with Crippen molar-refractivity contribution < 1.29 is 9.53 Å². The van der Waals surface area contributed by atoms with Crippen molar-refractivity contribution in [1.29, 1.82) is 0 Å². The van der Waals surface area contributed by atoms with E-state index in [2.05, 4.69) is 9.97 Å². The number of hydrogen-bond donors (Lipinski definition) is 1. The summed E-state index contributed by atoms with van der Waals surface area (Å²) in [5, 5.41) is 1.53. The number of nitrogens with zero attached hydrogens (tertiary/aromatic N) is 3. The van der Waals surface area contributed by atoms with Crippen molar-refractivity contribution in [3.8, 4) is 5.75 Å². The van der Waals surface area contributed by atoms with Crippen LogP contribution in [0.5, 0.6) is 5.75 Å². The number of carbonyl (C=O) groups is 1. The lowest BCUT2D eigenvalue weighted by atomic mass is 10.1. The largest absolute Gasteiger partial charge is 0.494 e. The van der Waals surface area contributed by atoms with E-state index in [-0.39, 0.29) is 5.91 Å². The van der Waals surface area contributed by atoms with Gasteiger partial charge < -0.3 is 9.72 Å². The number of pyridine rings is 1. The van der Waals surface area contributed by atoms with Gasteiger partial charge in [0.2, 0.25) is 0 Å². The number of H-pyrrole nitrogens is 1. The number of benzene rings is 2. The molecule has 31 heavy (non-hydrogen) atoms. The Morgan fingerprint density at radius 1 is 1.16 bits per heavy atom. The van der Waals surface area contributed by atoms with Gasteiger partial charge in [0.25, 0.3) is 5.91 Å². The number of hydrogen-bond acceptors (Lipinski definition) is 5. The number of ether oxygens (including phenoxy) is 1. The Bertz CT molecular complexity index is 1360. The molecule has 0 aliphatic rings. The second kappa shape index (κ2) is 8.20. The third-order valence-electron chi connectivity index (χ3n) is 5.02. The van der Waals surface area contributed by atoms with E-state index in [1.165, 1.54) is 11.3 Å². The van der Waals surface area contributed by atoms with E-state index >= 15 is 0 Å². The van der Waals surface area contributed by atoms with Gasteiger partial charge in [0.1, 0.15) is 5.75 Å². The van der Waals surface area contributed by atoms with Gasteiger partial charge in [0, 0.05) is 29.5 Å². The van der Waals surface area contributed by atoms with Crippen LogP contribution >= 0.6 is 11.3 Å². The van der Waals surface area contributed by atoms with Crippen molar-refractivity contribution in [3.05, 3.63) is 84.3 Å². The zero-order valence-corrected chi connectivity index (χ0v) is 17.7. The van der Waals surface area contributed by atoms with Crippen LogP contribution in [0.25, 0.3) is 21.1 Å². The van der Waals surface area contributed by atoms with E-state index < -0.39 is 0 Å². The molecule has 154 valence electrons. The lowest BCUT2D eigenvalue weighted by molar-refractivity contribution is 0.0986. The third-order valence-corrected chi connectivity index (χ3v) is 6.06. The number of aromatic nitrogens is 3. The maximum atomic E-state index is 13.7. The van der Waals surface area contributed by atoms with Crippen molar-refractivity contribution in [1.82, 2.24) is 15.0 Å². The fourth-order valence-corrected chi connectivity index (χ4v) is 4.55. The van der Waals surface area contributed by atoms with E-state index in [1.54, 1.807) is 23.5 Å². The predicted octanol–water partition coefficient (Wildman–Crippen LogP) is 5.42. The first-order valence-electron chi connectivity index (χ1n) is 10.0. The highest BCUT2D eigenvalue weighted by molar-refractivity contribution is 7.22. The number of nitrogens with one attached hydrogen (secondary N) is 1. The van der Waals surface area contributed by atoms with Crippen LogP contribution in [0, 0.1) is 0 Å². The highest BCUT2D eigenvalue weighted by Crippen LogP contribution is 2.33. The molecule has 2 aromatic carbocycles. The minimum absolute atomic E-state index is 0.106. The minimum Gasteiger partial charge on any atom is -0.494 e. The third kappa shape index (κ3) is 3.75. The Balaban J connectivity index is 1.58. The van der Waals surface area contributed by atoms with Crippen LogP contribution < -0.4 is 9.64 Å². The van der Waals surface area contributed by atoms with Gasteiger partial charge in [-0.3, -0.25) is 14.7 Å².